The number of unbranched alkanes of at least 4 members (excludes halogenated alkanes) is 1. The minimum absolute atomic E-state index is 0.227. The van der Waals surface area contributed by atoms with Crippen molar-refractivity contribution in [2.75, 3.05) is 46.4 Å². The van der Waals surface area contributed by atoms with Crippen molar-refractivity contribution in [3.63, 3.8) is 0 Å². The molecule has 1 rings (SSSR count). The number of morpholine rings is 1. The van der Waals surface area contributed by atoms with Gasteiger partial charge in [0.2, 0.25) is 5.91 Å². The third-order valence-corrected chi connectivity index (χ3v) is 2.74. The van der Waals surface area contributed by atoms with Gasteiger partial charge in [0.15, 0.2) is 0 Å². The molecule has 0 radical (unpaired) electrons. The average molecular weight is 214 g/mol. The SMILES string of the molecule is CCCCN(C)C(=O)CN1CCOCC1. The Labute approximate surface area is 92.2 Å². The summed E-state index contributed by atoms with van der Waals surface area (Å²) in [5, 5.41) is 0. The number of likely N-dealkylation sites (N-methyl/N-ethyl adjacent to an activating group) is 1. The maximum absolute atomic E-state index is 11.8. The fraction of sp³-hybridized carbons (Fsp3) is 0.909. The van der Waals surface area contributed by atoms with Crippen LogP contribution in [0, 0.1) is 0 Å². The van der Waals surface area contributed by atoms with Crippen molar-refractivity contribution in [1.82, 2.24) is 9.80 Å². The highest BCUT2D eigenvalue weighted by Gasteiger charge is 2.16. The molecule has 4 nitrogen and oxygen atoms in total. The van der Waals surface area contributed by atoms with Gasteiger partial charge in [-0.15, -0.1) is 0 Å². The van der Waals surface area contributed by atoms with E-state index in [0.717, 1.165) is 45.7 Å². The highest BCUT2D eigenvalue weighted by Crippen LogP contribution is 1.99. The number of ether oxygens (including phenoxy) is 1. The van der Waals surface area contributed by atoms with Gasteiger partial charge in [-0.1, -0.05) is 13.3 Å². The first kappa shape index (κ1) is 12.5. The Bertz CT molecular complexity index is 191. The molecule has 1 saturated heterocycles. The Morgan fingerprint density at radius 3 is 2.67 bits per heavy atom. The van der Waals surface area contributed by atoms with Crippen molar-refractivity contribution in [3.05, 3.63) is 0 Å². The molecule has 0 atom stereocenters. The number of amides is 1. The van der Waals surface area contributed by atoms with E-state index in [-0.39, 0.29) is 5.91 Å². The molecular weight excluding hydrogens is 192 g/mol. The molecule has 88 valence electrons. The van der Waals surface area contributed by atoms with Crippen LogP contribution in [-0.4, -0.2) is 62.1 Å². The molecular formula is C11H22N2O2. The summed E-state index contributed by atoms with van der Waals surface area (Å²) < 4.78 is 5.24. The largest absolute Gasteiger partial charge is 0.379 e. The van der Waals surface area contributed by atoms with Gasteiger partial charge in [0.1, 0.15) is 0 Å². The van der Waals surface area contributed by atoms with Crippen LogP contribution >= 0.6 is 0 Å². The van der Waals surface area contributed by atoms with E-state index in [1.54, 1.807) is 0 Å². The molecule has 0 unspecified atom stereocenters. The van der Waals surface area contributed by atoms with Gasteiger partial charge in [-0.05, 0) is 6.42 Å². The van der Waals surface area contributed by atoms with Crippen molar-refractivity contribution >= 4 is 5.91 Å². The molecule has 0 bridgehead atoms. The Kier molecular flexibility index (Phi) is 5.65. The lowest BCUT2D eigenvalue weighted by Gasteiger charge is -2.28. The third kappa shape index (κ3) is 4.62. The quantitative estimate of drug-likeness (QED) is 0.671. The zero-order valence-corrected chi connectivity index (χ0v) is 9.87. The Balaban J connectivity index is 2.20. The summed E-state index contributed by atoms with van der Waals surface area (Å²) >= 11 is 0. The van der Waals surface area contributed by atoms with E-state index >= 15 is 0 Å². The van der Waals surface area contributed by atoms with E-state index in [0.29, 0.717) is 6.54 Å². The summed E-state index contributed by atoms with van der Waals surface area (Å²) in [5.74, 6) is 0.227. The van der Waals surface area contributed by atoms with Crippen molar-refractivity contribution < 1.29 is 9.53 Å². The number of carbonyl (C=O) groups is 1. The van der Waals surface area contributed by atoms with Gasteiger partial charge in [-0.25, -0.2) is 0 Å². The van der Waals surface area contributed by atoms with Crippen LogP contribution in [0.2, 0.25) is 0 Å². The van der Waals surface area contributed by atoms with Crippen LogP contribution in [0.15, 0.2) is 0 Å². The van der Waals surface area contributed by atoms with E-state index in [1.165, 1.54) is 0 Å². The Morgan fingerprint density at radius 1 is 1.40 bits per heavy atom. The summed E-state index contributed by atoms with van der Waals surface area (Å²) in [5.41, 5.74) is 0. The topological polar surface area (TPSA) is 32.8 Å². The van der Waals surface area contributed by atoms with Crippen molar-refractivity contribution in [2.45, 2.75) is 19.8 Å². The lowest BCUT2D eigenvalue weighted by atomic mass is 10.3. The summed E-state index contributed by atoms with van der Waals surface area (Å²) in [6, 6.07) is 0. The van der Waals surface area contributed by atoms with Crippen LogP contribution in [0.5, 0.6) is 0 Å². The highest BCUT2D eigenvalue weighted by atomic mass is 16.5. The van der Waals surface area contributed by atoms with Crippen LogP contribution in [0.3, 0.4) is 0 Å². The fourth-order valence-electron chi connectivity index (χ4n) is 1.59. The minimum atomic E-state index is 0.227. The van der Waals surface area contributed by atoms with E-state index < -0.39 is 0 Å². The zero-order valence-electron chi connectivity index (χ0n) is 9.87. The van der Waals surface area contributed by atoms with Crippen molar-refractivity contribution in [3.8, 4) is 0 Å². The van der Waals surface area contributed by atoms with Crippen LogP contribution in [0.4, 0.5) is 0 Å². The zero-order chi connectivity index (χ0) is 11.1. The molecule has 0 aromatic carbocycles. The Morgan fingerprint density at radius 2 is 2.07 bits per heavy atom. The van der Waals surface area contributed by atoms with Gasteiger partial charge < -0.3 is 9.64 Å². The average Bonchev–Trinajstić information content (AvgIpc) is 2.27. The van der Waals surface area contributed by atoms with Gasteiger partial charge in [0.05, 0.1) is 19.8 Å². The van der Waals surface area contributed by atoms with Gasteiger partial charge in [0, 0.05) is 26.7 Å². The standard InChI is InChI=1S/C11H22N2O2/c1-3-4-5-12(2)11(14)10-13-6-8-15-9-7-13/h3-10H2,1-2H3. The fourth-order valence-corrected chi connectivity index (χ4v) is 1.59. The van der Waals surface area contributed by atoms with Crippen LogP contribution in [0.1, 0.15) is 19.8 Å². The minimum Gasteiger partial charge on any atom is -0.379 e. The molecule has 4 heteroatoms. The Hall–Kier alpha value is -0.610. The summed E-state index contributed by atoms with van der Waals surface area (Å²) in [6.07, 6.45) is 2.22. The second kappa shape index (κ2) is 6.80. The van der Waals surface area contributed by atoms with Gasteiger partial charge in [-0.2, -0.15) is 0 Å². The second-order valence-corrected chi connectivity index (χ2v) is 4.06. The molecule has 0 aromatic rings. The van der Waals surface area contributed by atoms with Crippen molar-refractivity contribution in [2.24, 2.45) is 0 Å². The number of rotatable bonds is 5. The smallest absolute Gasteiger partial charge is 0.236 e. The van der Waals surface area contributed by atoms with Gasteiger partial charge >= 0.3 is 0 Å². The summed E-state index contributed by atoms with van der Waals surface area (Å²) in [6.45, 7) is 6.84. The molecule has 0 spiro atoms. The first-order valence-corrected chi connectivity index (χ1v) is 5.78. The maximum Gasteiger partial charge on any atom is 0.236 e. The number of hydrogen-bond donors (Lipinski definition) is 0. The first-order chi connectivity index (χ1) is 7.24. The molecule has 1 aliphatic heterocycles. The van der Waals surface area contributed by atoms with E-state index in [9.17, 15) is 4.79 Å². The number of nitrogens with zero attached hydrogens (tertiary/aromatic N) is 2. The van der Waals surface area contributed by atoms with Crippen molar-refractivity contribution in [1.29, 1.82) is 0 Å². The molecule has 15 heavy (non-hydrogen) atoms. The van der Waals surface area contributed by atoms with Crippen LogP contribution in [0.25, 0.3) is 0 Å². The molecule has 0 N–H and O–H groups in total. The highest BCUT2D eigenvalue weighted by molar-refractivity contribution is 5.77. The van der Waals surface area contributed by atoms with Gasteiger partial charge in [0.25, 0.3) is 0 Å². The molecule has 1 amide bonds. The van der Waals surface area contributed by atoms with E-state index in [1.807, 2.05) is 11.9 Å². The van der Waals surface area contributed by atoms with E-state index in [4.69, 9.17) is 4.74 Å². The predicted molar refractivity (Wildman–Crippen MR) is 59.8 cm³/mol. The summed E-state index contributed by atoms with van der Waals surface area (Å²) in [4.78, 5) is 15.8. The molecule has 1 heterocycles. The molecule has 0 saturated carbocycles. The lowest BCUT2D eigenvalue weighted by molar-refractivity contribution is -0.132. The first-order valence-electron chi connectivity index (χ1n) is 5.78. The molecule has 1 fully saturated rings. The predicted octanol–water partition coefficient (Wildman–Crippen LogP) is 0.577. The lowest BCUT2D eigenvalue weighted by Crippen LogP contribution is -2.43. The maximum atomic E-state index is 11.8. The normalized spacial score (nSPS) is 17.7. The molecule has 0 aliphatic carbocycles. The van der Waals surface area contributed by atoms with Crippen LogP contribution < -0.4 is 0 Å². The number of hydrogen-bond acceptors (Lipinski definition) is 3. The number of carbonyl (C=O) groups excluding carboxylic acids is 1. The second-order valence-electron chi connectivity index (χ2n) is 4.06. The monoisotopic (exact) mass is 214 g/mol. The molecule has 1 aliphatic rings. The molecule has 0 aromatic heterocycles. The van der Waals surface area contributed by atoms with E-state index in [2.05, 4.69) is 11.8 Å². The third-order valence-electron chi connectivity index (χ3n) is 2.74. The summed E-state index contributed by atoms with van der Waals surface area (Å²) in [7, 11) is 1.89. The van der Waals surface area contributed by atoms with Gasteiger partial charge in [-0.3, -0.25) is 9.69 Å². The van der Waals surface area contributed by atoms with Crippen LogP contribution in [-0.2, 0) is 9.53 Å².